The van der Waals surface area contributed by atoms with Crippen molar-refractivity contribution in [3.8, 4) is 0 Å². The molecule has 0 saturated carbocycles. The summed E-state index contributed by atoms with van der Waals surface area (Å²) in [7, 11) is 0. The molecule has 3 fully saturated rings. The first-order valence-corrected chi connectivity index (χ1v) is 33.2. The molecule has 3 rings (SSSR count). The smallest absolute Gasteiger partial charge is 0.220 e. The molecule has 19 nitrogen and oxygen atoms in total. The van der Waals surface area contributed by atoms with Crippen molar-refractivity contribution in [2.45, 2.75) is 317 Å². The van der Waals surface area contributed by atoms with Crippen LogP contribution in [0.4, 0.5) is 0 Å². The zero-order chi connectivity index (χ0) is 62.6. The number of aliphatic hydroxyl groups is 11. The Morgan fingerprint density at radius 3 is 1.26 bits per heavy atom. The Balaban J connectivity index is 1.45. The van der Waals surface area contributed by atoms with E-state index in [1.54, 1.807) is 6.08 Å². The van der Waals surface area contributed by atoms with Crippen molar-refractivity contribution in [1.29, 1.82) is 0 Å². The van der Waals surface area contributed by atoms with Gasteiger partial charge in [0.25, 0.3) is 0 Å². The summed E-state index contributed by atoms with van der Waals surface area (Å²) in [4.78, 5) is 13.4. The van der Waals surface area contributed by atoms with Gasteiger partial charge in [0.05, 0.1) is 38.6 Å². The van der Waals surface area contributed by atoms with E-state index in [0.29, 0.717) is 6.42 Å². The van der Waals surface area contributed by atoms with Crippen molar-refractivity contribution < 1.29 is 89.4 Å². The number of unbranched alkanes of at least 4 members (excludes halogenated alkanes) is 23. The first kappa shape index (κ1) is 77.5. The van der Waals surface area contributed by atoms with Gasteiger partial charge < -0.3 is 89.9 Å². The number of ether oxygens (including phenoxy) is 6. The standard InChI is InChI=1S/C67H117NO18/c1-3-5-7-9-11-13-15-17-19-21-22-23-24-25-26-27-28-29-31-33-35-37-39-41-43-45-55(73)68-50(51(72)44-42-40-38-36-34-32-30-20-18-16-14-12-10-8-6-4-2)49-81-65-61(79)58(76)63(53(47-70)83-65)86-67-62(80)59(77)64(54(48-71)84-67)85-66-60(78)57(75)56(74)52(46-69)82-66/h5,7,11,13,17,19,22-23,25-26,42,44,50-54,56-67,69-72,74-80H,3-4,6,8-10,12,14-16,18,20-21,24,27-41,43,45-49H2,1-2H3,(H,68,73)/b7-5-,13-11-,19-17-,23-22-,26-25-,44-42+. The first-order valence-electron chi connectivity index (χ1n) is 33.2. The van der Waals surface area contributed by atoms with E-state index in [0.717, 1.165) is 89.9 Å². The SMILES string of the molecule is CC/C=C\C/C=C\C/C=C\C/C=C\C/C=C\CCCCCCCCCCCC(=O)NC(COC1OC(CO)C(OC2OC(CO)C(OC3OC(CO)C(O)C(O)C3O)C(O)C2O)C(O)C1O)C(O)/C=C/CCCCCCCCCCCCCCCC. The summed E-state index contributed by atoms with van der Waals surface area (Å²) in [6, 6.07) is -0.980. The number of carbonyl (C=O) groups excluding carboxylic acids is 1. The highest BCUT2D eigenvalue weighted by atomic mass is 16.8. The summed E-state index contributed by atoms with van der Waals surface area (Å²) in [5.41, 5.74) is 0. The Labute approximate surface area is 515 Å². The number of amides is 1. The maximum Gasteiger partial charge on any atom is 0.220 e. The Morgan fingerprint density at radius 2 is 0.802 bits per heavy atom. The summed E-state index contributed by atoms with van der Waals surface area (Å²) >= 11 is 0. The number of aliphatic hydroxyl groups excluding tert-OH is 11. The van der Waals surface area contributed by atoms with Crippen molar-refractivity contribution in [1.82, 2.24) is 5.32 Å². The van der Waals surface area contributed by atoms with Crippen molar-refractivity contribution in [3.05, 3.63) is 72.9 Å². The van der Waals surface area contributed by atoms with Gasteiger partial charge in [-0.25, -0.2) is 0 Å². The van der Waals surface area contributed by atoms with Crippen molar-refractivity contribution in [2.24, 2.45) is 0 Å². The van der Waals surface area contributed by atoms with Gasteiger partial charge in [-0.15, -0.1) is 0 Å². The molecule has 1 amide bonds. The molecule has 3 saturated heterocycles. The average Bonchev–Trinajstić information content (AvgIpc) is 3.70. The third kappa shape index (κ3) is 31.3. The van der Waals surface area contributed by atoms with Crippen LogP contribution in [0.5, 0.6) is 0 Å². The third-order valence-corrected chi connectivity index (χ3v) is 16.3. The topological polar surface area (TPSA) is 307 Å². The fraction of sp³-hybridized carbons (Fsp3) is 0.806. The summed E-state index contributed by atoms with van der Waals surface area (Å²) < 4.78 is 34.3. The number of rotatable bonds is 49. The van der Waals surface area contributed by atoms with Crippen LogP contribution < -0.4 is 5.32 Å². The maximum absolute atomic E-state index is 13.4. The predicted octanol–water partition coefficient (Wildman–Crippen LogP) is 7.77. The highest BCUT2D eigenvalue weighted by molar-refractivity contribution is 5.76. The van der Waals surface area contributed by atoms with Gasteiger partial charge in [-0.1, -0.05) is 215 Å². The van der Waals surface area contributed by atoms with Crippen LogP contribution >= 0.6 is 0 Å². The Bertz CT molecular complexity index is 1850. The van der Waals surface area contributed by atoms with Crippen molar-refractivity contribution in [3.63, 3.8) is 0 Å². The first-order chi connectivity index (χ1) is 41.8. The Kier molecular flexibility index (Phi) is 44.1. The number of allylic oxidation sites excluding steroid dienone is 11. The van der Waals surface area contributed by atoms with E-state index in [4.69, 9.17) is 28.4 Å². The molecule has 0 aliphatic carbocycles. The zero-order valence-electron chi connectivity index (χ0n) is 52.3. The Morgan fingerprint density at radius 1 is 0.430 bits per heavy atom. The van der Waals surface area contributed by atoms with E-state index in [2.05, 4.69) is 79.9 Å². The minimum atomic E-state index is -1.98. The van der Waals surface area contributed by atoms with Crippen LogP contribution in [0.3, 0.4) is 0 Å². The molecule has 0 aromatic carbocycles. The molecule has 3 aliphatic rings. The molecule has 86 heavy (non-hydrogen) atoms. The molecule has 498 valence electrons. The lowest BCUT2D eigenvalue weighted by molar-refractivity contribution is -0.379. The van der Waals surface area contributed by atoms with E-state index in [9.17, 15) is 61.0 Å². The van der Waals surface area contributed by atoms with Crippen LogP contribution in [-0.2, 0) is 33.2 Å². The van der Waals surface area contributed by atoms with Gasteiger partial charge in [0.2, 0.25) is 5.91 Å². The van der Waals surface area contributed by atoms with Gasteiger partial charge in [-0.2, -0.15) is 0 Å². The third-order valence-electron chi connectivity index (χ3n) is 16.3. The van der Waals surface area contributed by atoms with E-state index in [1.165, 1.54) is 96.3 Å². The number of hydrogen-bond donors (Lipinski definition) is 12. The number of hydrogen-bond acceptors (Lipinski definition) is 18. The van der Waals surface area contributed by atoms with Crippen LogP contribution in [0.15, 0.2) is 72.9 Å². The van der Waals surface area contributed by atoms with Crippen molar-refractivity contribution in [2.75, 3.05) is 26.4 Å². The molecular weight excluding hydrogens is 1110 g/mol. The van der Waals surface area contributed by atoms with Crippen LogP contribution in [0, 0.1) is 0 Å². The maximum atomic E-state index is 13.4. The van der Waals surface area contributed by atoms with Gasteiger partial charge in [0.1, 0.15) is 73.2 Å². The monoisotopic (exact) mass is 1220 g/mol. The second-order valence-electron chi connectivity index (χ2n) is 23.6. The average molecular weight is 1220 g/mol. The van der Waals surface area contributed by atoms with Crippen LogP contribution in [0.2, 0.25) is 0 Å². The largest absolute Gasteiger partial charge is 0.394 e. The molecule has 0 spiro atoms. The highest BCUT2D eigenvalue weighted by Gasteiger charge is 2.53. The normalized spacial score (nSPS) is 29.2. The van der Waals surface area contributed by atoms with Crippen LogP contribution in [-0.4, -0.2) is 193 Å². The molecule has 19 heteroatoms. The van der Waals surface area contributed by atoms with E-state index < -0.39 is 124 Å². The van der Waals surface area contributed by atoms with Gasteiger partial charge in [0.15, 0.2) is 18.9 Å². The van der Waals surface area contributed by atoms with Crippen LogP contribution in [0.25, 0.3) is 0 Å². The van der Waals surface area contributed by atoms with Gasteiger partial charge >= 0.3 is 0 Å². The van der Waals surface area contributed by atoms with Crippen LogP contribution in [0.1, 0.15) is 213 Å². The summed E-state index contributed by atoms with van der Waals surface area (Å²) in [6.07, 6.45) is 32.9. The fourth-order valence-electron chi connectivity index (χ4n) is 10.9. The minimum Gasteiger partial charge on any atom is -0.394 e. The molecule has 0 bridgehead atoms. The highest BCUT2D eigenvalue weighted by Crippen LogP contribution is 2.33. The van der Waals surface area contributed by atoms with Crippen molar-refractivity contribution >= 4 is 5.91 Å². The molecule has 0 aromatic heterocycles. The van der Waals surface area contributed by atoms with E-state index in [-0.39, 0.29) is 18.9 Å². The molecule has 12 N–H and O–H groups in total. The summed E-state index contributed by atoms with van der Waals surface area (Å²) in [5.74, 6) is -0.285. The molecule has 3 heterocycles. The van der Waals surface area contributed by atoms with Gasteiger partial charge in [-0.05, 0) is 64.2 Å². The number of nitrogens with one attached hydrogen (secondary N) is 1. The lowest BCUT2D eigenvalue weighted by atomic mass is 9.96. The predicted molar refractivity (Wildman–Crippen MR) is 332 cm³/mol. The zero-order valence-corrected chi connectivity index (χ0v) is 52.3. The van der Waals surface area contributed by atoms with E-state index in [1.807, 2.05) is 6.08 Å². The molecule has 17 unspecified atom stereocenters. The lowest BCUT2D eigenvalue weighted by Crippen LogP contribution is -2.66. The molecule has 17 atom stereocenters. The van der Waals surface area contributed by atoms with Gasteiger partial charge in [-0.3, -0.25) is 4.79 Å². The van der Waals surface area contributed by atoms with Gasteiger partial charge in [0, 0.05) is 6.42 Å². The number of carbonyl (C=O) groups is 1. The minimum absolute atomic E-state index is 0.232. The summed E-state index contributed by atoms with van der Waals surface area (Å²) in [6.45, 7) is 1.61. The second kappa shape index (κ2) is 49.0. The van der Waals surface area contributed by atoms with E-state index >= 15 is 0 Å². The quantitative estimate of drug-likeness (QED) is 0.0204. The molecule has 0 radical (unpaired) electrons. The lowest BCUT2D eigenvalue weighted by Gasteiger charge is -2.48. The molecule has 3 aliphatic heterocycles. The second-order valence-corrected chi connectivity index (χ2v) is 23.6. The fourth-order valence-corrected chi connectivity index (χ4v) is 10.9. The molecular formula is C67H117NO18. The summed E-state index contributed by atoms with van der Waals surface area (Å²) in [5, 5.41) is 120. The molecule has 0 aromatic rings. The Hall–Kier alpha value is -2.77.